The molecule has 0 aliphatic rings. The van der Waals surface area contributed by atoms with Crippen molar-refractivity contribution in [3.63, 3.8) is 0 Å². The molecule has 0 aromatic heterocycles. The van der Waals surface area contributed by atoms with E-state index in [0.717, 1.165) is 135 Å². The minimum Gasteiger partial charge on any atom is -0.462 e. The maximum absolute atomic E-state index is 12.8. The van der Waals surface area contributed by atoms with Gasteiger partial charge in [-0.3, -0.25) is 18.6 Å². The first-order valence-corrected chi connectivity index (χ1v) is 33.7. The van der Waals surface area contributed by atoms with Crippen LogP contribution in [0.4, 0.5) is 0 Å². The van der Waals surface area contributed by atoms with Crippen LogP contribution in [0.3, 0.4) is 0 Å². The van der Waals surface area contributed by atoms with Gasteiger partial charge in [0.15, 0.2) is 6.10 Å². The molecule has 464 valence electrons. The first kappa shape index (κ1) is 77.6. The fourth-order valence-electron chi connectivity index (χ4n) is 8.11. The number of ether oxygens (including phenoxy) is 2. The predicted octanol–water partition coefficient (Wildman–Crippen LogP) is 20.8. The summed E-state index contributed by atoms with van der Waals surface area (Å²) < 4.78 is 34.5. The van der Waals surface area contributed by atoms with Gasteiger partial charge in [0.05, 0.1) is 27.7 Å². The smallest absolute Gasteiger partial charge is 0.462 e. The Bertz CT molecular complexity index is 1940. The van der Waals surface area contributed by atoms with Crippen LogP contribution < -0.4 is 0 Å². The highest BCUT2D eigenvalue weighted by molar-refractivity contribution is 7.47. The van der Waals surface area contributed by atoms with Crippen LogP contribution in [0.2, 0.25) is 0 Å². The summed E-state index contributed by atoms with van der Waals surface area (Å²) in [6.45, 7) is 4.26. The van der Waals surface area contributed by atoms with Crippen molar-refractivity contribution in [3.05, 3.63) is 158 Å². The first-order chi connectivity index (χ1) is 40.0. The Balaban J connectivity index is 4.19. The monoisotopic (exact) mass is 1160 g/mol. The van der Waals surface area contributed by atoms with E-state index in [9.17, 15) is 19.0 Å². The molecule has 0 aliphatic carbocycles. The molecule has 0 radical (unpaired) electrons. The van der Waals surface area contributed by atoms with Crippen LogP contribution in [-0.4, -0.2) is 74.9 Å². The molecule has 0 aromatic carbocycles. The molecule has 10 heteroatoms. The molecule has 1 N–H and O–H groups in total. The van der Waals surface area contributed by atoms with Crippen molar-refractivity contribution in [3.8, 4) is 0 Å². The largest absolute Gasteiger partial charge is 0.472 e. The standard InChI is InChI=1S/C72H118NO8P/c1-6-8-10-12-14-16-18-20-22-24-25-26-27-28-29-30-31-32-33-34-35-36-37-38-39-40-41-42-43-44-45-46-47-49-51-53-55-57-59-61-63-65-72(75)81-70(69-80-82(76,77)79-67-66-73(3,4)5)68-78-71(74)64-62-60-58-56-54-52-50-48-23-21-19-17-15-13-11-9-7-2/h8,10,14,16,20-23,25-26,28-29,31-32,34-35,37-38,40-41,43-44,46-47,51,53,70H,6-7,9,11-13,15,17-19,24,27,30,33,36,39,42,45,48-50,52,54-69H2,1-5H3/p+1/b10-8-,16-14-,22-20-,23-21-,26-25-,29-28-,32-31-,35-34-,38-37-,41-40-,44-43-,47-46-,53-51-. The van der Waals surface area contributed by atoms with Gasteiger partial charge in [0.2, 0.25) is 0 Å². The molecule has 0 rings (SSSR count). The van der Waals surface area contributed by atoms with Crippen LogP contribution in [0.5, 0.6) is 0 Å². The lowest BCUT2D eigenvalue weighted by molar-refractivity contribution is -0.870. The maximum atomic E-state index is 12.8. The Morgan fingerprint density at radius 3 is 1.05 bits per heavy atom. The third kappa shape index (κ3) is 64.8. The van der Waals surface area contributed by atoms with Gasteiger partial charge in [0.1, 0.15) is 19.8 Å². The highest BCUT2D eigenvalue weighted by atomic mass is 31.2. The molecule has 0 heterocycles. The highest BCUT2D eigenvalue weighted by Gasteiger charge is 2.27. The van der Waals surface area contributed by atoms with Crippen LogP contribution in [0.25, 0.3) is 0 Å². The second kappa shape index (κ2) is 61.2. The van der Waals surface area contributed by atoms with Gasteiger partial charge in [-0.15, -0.1) is 0 Å². The van der Waals surface area contributed by atoms with E-state index in [1.165, 1.54) is 64.2 Å². The number of allylic oxidation sites excluding steroid dienone is 26. The van der Waals surface area contributed by atoms with Gasteiger partial charge in [0, 0.05) is 12.8 Å². The number of quaternary nitrogens is 1. The quantitative estimate of drug-likeness (QED) is 0.0211. The normalized spacial score (nSPS) is 14.3. The van der Waals surface area contributed by atoms with Crippen LogP contribution in [0.15, 0.2) is 158 Å². The van der Waals surface area contributed by atoms with Gasteiger partial charge < -0.3 is 18.9 Å². The molecule has 2 atom stereocenters. The molecule has 0 saturated heterocycles. The Hall–Kier alpha value is -4.37. The molecule has 0 fully saturated rings. The Kier molecular flexibility index (Phi) is 57.9. The zero-order valence-corrected chi connectivity index (χ0v) is 53.6. The lowest BCUT2D eigenvalue weighted by atomic mass is 10.1. The summed E-state index contributed by atoms with van der Waals surface area (Å²) in [6.07, 6.45) is 91.9. The zero-order valence-electron chi connectivity index (χ0n) is 52.7. The fraction of sp³-hybridized carbons (Fsp3) is 0.611. The number of esters is 2. The predicted molar refractivity (Wildman–Crippen MR) is 353 cm³/mol. The van der Waals surface area contributed by atoms with Crippen molar-refractivity contribution in [1.82, 2.24) is 0 Å². The van der Waals surface area contributed by atoms with Crippen molar-refractivity contribution in [2.24, 2.45) is 0 Å². The van der Waals surface area contributed by atoms with Crippen molar-refractivity contribution >= 4 is 19.8 Å². The summed E-state index contributed by atoms with van der Waals surface area (Å²) >= 11 is 0. The molecule has 0 aromatic rings. The van der Waals surface area contributed by atoms with Crippen molar-refractivity contribution < 1.29 is 42.1 Å². The van der Waals surface area contributed by atoms with E-state index in [1.807, 2.05) is 21.1 Å². The third-order valence-corrected chi connectivity index (χ3v) is 14.0. The Morgan fingerprint density at radius 2 is 0.695 bits per heavy atom. The molecule has 0 bridgehead atoms. The van der Waals surface area contributed by atoms with Crippen LogP contribution in [-0.2, 0) is 32.7 Å². The summed E-state index contributed by atoms with van der Waals surface area (Å²) in [5.74, 6) is -0.841. The van der Waals surface area contributed by atoms with E-state index < -0.39 is 26.5 Å². The fourth-order valence-corrected chi connectivity index (χ4v) is 8.85. The number of unbranched alkanes of at least 4 members (excludes halogenated alkanes) is 17. The number of phosphoric ester groups is 1. The first-order valence-electron chi connectivity index (χ1n) is 32.2. The number of carbonyl (C=O) groups excluding carboxylic acids is 2. The molecule has 2 unspecified atom stereocenters. The average molecular weight is 1160 g/mol. The van der Waals surface area contributed by atoms with Gasteiger partial charge >= 0.3 is 19.8 Å². The number of nitrogens with zero attached hydrogens (tertiary/aromatic N) is 1. The molecule has 0 spiro atoms. The van der Waals surface area contributed by atoms with Gasteiger partial charge in [-0.25, -0.2) is 4.57 Å². The number of hydrogen-bond donors (Lipinski definition) is 1. The van der Waals surface area contributed by atoms with Gasteiger partial charge in [-0.2, -0.15) is 0 Å². The summed E-state index contributed by atoms with van der Waals surface area (Å²) in [6, 6.07) is 0. The number of phosphoric acid groups is 1. The molecule has 82 heavy (non-hydrogen) atoms. The molecule has 9 nitrogen and oxygen atoms in total. The van der Waals surface area contributed by atoms with Crippen LogP contribution in [0.1, 0.15) is 232 Å². The van der Waals surface area contributed by atoms with E-state index in [4.69, 9.17) is 18.5 Å². The topological polar surface area (TPSA) is 108 Å². The summed E-state index contributed by atoms with van der Waals surface area (Å²) in [4.78, 5) is 35.7. The Labute approximate surface area is 503 Å². The molecule has 0 saturated carbocycles. The number of likely N-dealkylation sites (N-methyl/N-ethyl adjacent to an activating group) is 1. The minimum atomic E-state index is -4.41. The molecular weight excluding hydrogens is 1040 g/mol. The number of carbonyl (C=O) groups is 2. The molecule has 0 aliphatic heterocycles. The van der Waals surface area contributed by atoms with E-state index in [0.29, 0.717) is 17.4 Å². The van der Waals surface area contributed by atoms with E-state index in [2.05, 4.69) is 172 Å². The van der Waals surface area contributed by atoms with Gasteiger partial charge in [-0.1, -0.05) is 249 Å². The Morgan fingerprint density at radius 1 is 0.390 bits per heavy atom. The third-order valence-electron chi connectivity index (χ3n) is 13.0. The lowest BCUT2D eigenvalue weighted by Gasteiger charge is -2.24. The van der Waals surface area contributed by atoms with Gasteiger partial charge in [-0.05, 0) is 128 Å². The second-order valence-corrected chi connectivity index (χ2v) is 23.5. The lowest BCUT2D eigenvalue weighted by Crippen LogP contribution is -2.37. The number of hydrogen-bond acceptors (Lipinski definition) is 7. The van der Waals surface area contributed by atoms with E-state index in [1.54, 1.807) is 0 Å². The van der Waals surface area contributed by atoms with Crippen LogP contribution in [0, 0.1) is 0 Å². The van der Waals surface area contributed by atoms with Crippen molar-refractivity contribution in [2.45, 2.75) is 238 Å². The molecular formula is C72H119NO8P+. The average Bonchev–Trinajstić information content (AvgIpc) is 3.45. The summed E-state index contributed by atoms with van der Waals surface area (Å²) in [5, 5.41) is 0. The second-order valence-electron chi connectivity index (χ2n) is 22.1. The number of rotatable bonds is 57. The van der Waals surface area contributed by atoms with Gasteiger partial charge in [0.25, 0.3) is 0 Å². The maximum Gasteiger partial charge on any atom is 0.472 e. The van der Waals surface area contributed by atoms with E-state index >= 15 is 0 Å². The van der Waals surface area contributed by atoms with Crippen LogP contribution >= 0.6 is 7.82 Å². The van der Waals surface area contributed by atoms with Crippen molar-refractivity contribution in [1.29, 1.82) is 0 Å². The zero-order chi connectivity index (χ0) is 59.8. The SMILES string of the molecule is CC/C=C\C/C=C\C/C=C\C/C=C\C/C=C\C/C=C\C/C=C\C/C=C\C/C=C\C/C=C\C/C=C\C/C=C\CCCCCCC(=O)OC(COC(=O)CCCCCCCCC/C=C\CCCCCCCC)COP(=O)(O)OCC[N+](C)(C)C. The summed E-state index contributed by atoms with van der Waals surface area (Å²) in [7, 11) is 1.44. The van der Waals surface area contributed by atoms with E-state index in [-0.39, 0.29) is 32.0 Å². The highest BCUT2D eigenvalue weighted by Crippen LogP contribution is 2.43. The minimum absolute atomic E-state index is 0.0179. The van der Waals surface area contributed by atoms with Crippen molar-refractivity contribution in [2.75, 3.05) is 47.5 Å². The molecule has 0 amide bonds. The summed E-state index contributed by atoms with van der Waals surface area (Å²) in [5.41, 5.74) is 0.